The highest BCUT2D eigenvalue weighted by Crippen LogP contribution is 2.50. The standard InChI is InChI=1S/C20H27ClNO4/c1-4-26-18(23)12-22(2)15-9-10-17(22)19(20(24)25-3)16(11-15)13-5-7-14(21)8-6-13/h5-8,15-17,19H,4,9-12H2,1-3H3/q+1/t15-,16-,17?,19?,22-/m1/s1. The molecule has 26 heavy (non-hydrogen) atoms. The lowest BCUT2D eigenvalue weighted by Gasteiger charge is -2.49. The van der Waals surface area contributed by atoms with Gasteiger partial charge < -0.3 is 14.0 Å². The second kappa shape index (κ2) is 7.57. The highest BCUT2D eigenvalue weighted by molar-refractivity contribution is 6.30. The van der Waals surface area contributed by atoms with E-state index >= 15 is 0 Å². The Balaban J connectivity index is 1.94. The number of hydrogen-bond acceptors (Lipinski definition) is 4. The number of quaternary nitrogens is 1. The first kappa shape index (κ1) is 19.2. The molecule has 1 aromatic rings. The van der Waals surface area contributed by atoms with Gasteiger partial charge in [0, 0.05) is 30.2 Å². The lowest BCUT2D eigenvalue weighted by molar-refractivity contribution is -0.945. The van der Waals surface area contributed by atoms with Crippen molar-refractivity contribution in [1.82, 2.24) is 0 Å². The van der Waals surface area contributed by atoms with Gasteiger partial charge in [-0.25, -0.2) is 4.79 Å². The molecule has 2 heterocycles. The summed E-state index contributed by atoms with van der Waals surface area (Å²) in [6.45, 7) is 2.50. The third-order valence-electron chi connectivity index (χ3n) is 6.31. The van der Waals surface area contributed by atoms with Crippen molar-refractivity contribution in [3.63, 3.8) is 0 Å². The summed E-state index contributed by atoms with van der Waals surface area (Å²) in [7, 11) is 3.53. The highest BCUT2D eigenvalue weighted by atomic mass is 35.5. The van der Waals surface area contributed by atoms with Crippen LogP contribution in [0.4, 0.5) is 0 Å². The van der Waals surface area contributed by atoms with Gasteiger partial charge in [0.1, 0.15) is 12.0 Å². The number of ether oxygens (including phenoxy) is 2. The maximum atomic E-state index is 12.7. The van der Waals surface area contributed by atoms with E-state index in [0.29, 0.717) is 28.7 Å². The van der Waals surface area contributed by atoms with Gasteiger partial charge in [0.25, 0.3) is 0 Å². The van der Waals surface area contributed by atoms with Crippen LogP contribution in [0.15, 0.2) is 24.3 Å². The highest BCUT2D eigenvalue weighted by Gasteiger charge is 2.60. The molecule has 0 amide bonds. The number of benzene rings is 1. The molecular formula is C20H27ClNO4+. The predicted octanol–water partition coefficient (Wildman–Crippen LogP) is 3.16. The second-order valence-electron chi connectivity index (χ2n) is 7.55. The van der Waals surface area contributed by atoms with Gasteiger partial charge in [-0.2, -0.15) is 0 Å². The monoisotopic (exact) mass is 380 g/mol. The lowest BCUT2D eigenvalue weighted by Crippen LogP contribution is -2.64. The van der Waals surface area contributed by atoms with Crippen molar-refractivity contribution in [3.05, 3.63) is 34.9 Å². The minimum absolute atomic E-state index is 0.0614. The van der Waals surface area contributed by atoms with E-state index in [1.54, 1.807) is 0 Å². The van der Waals surface area contributed by atoms with E-state index in [4.69, 9.17) is 21.1 Å². The molecule has 5 nitrogen and oxygen atoms in total. The fraction of sp³-hybridized carbons (Fsp3) is 0.600. The minimum Gasteiger partial charge on any atom is -0.469 e. The largest absolute Gasteiger partial charge is 0.469 e. The number of halogens is 1. The Morgan fingerprint density at radius 2 is 1.92 bits per heavy atom. The van der Waals surface area contributed by atoms with Crippen LogP contribution in [0, 0.1) is 5.92 Å². The first-order valence-electron chi connectivity index (χ1n) is 9.24. The van der Waals surface area contributed by atoms with E-state index < -0.39 is 0 Å². The van der Waals surface area contributed by atoms with Gasteiger partial charge in [0.15, 0.2) is 6.54 Å². The van der Waals surface area contributed by atoms with E-state index in [0.717, 1.165) is 24.8 Å². The summed E-state index contributed by atoms with van der Waals surface area (Å²) in [6.07, 6.45) is 2.79. The fourth-order valence-electron chi connectivity index (χ4n) is 5.08. The molecule has 2 bridgehead atoms. The number of nitrogens with zero attached hydrogens (tertiary/aromatic N) is 1. The number of carbonyl (C=O) groups is 2. The Kier molecular flexibility index (Phi) is 5.58. The second-order valence-corrected chi connectivity index (χ2v) is 7.99. The molecule has 0 aliphatic carbocycles. The fourth-order valence-corrected chi connectivity index (χ4v) is 5.20. The molecule has 2 aliphatic rings. The Labute approximate surface area is 159 Å². The quantitative estimate of drug-likeness (QED) is 0.581. The average Bonchev–Trinajstić information content (AvgIpc) is 2.80. The van der Waals surface area contributed by atoms with Crippen LogP contribution in [-0.4, -0.2) is 55.8 Å². The van der Waals surface area contributed by atoms with Crippen molar-refractivity contribution in [2.75, 3.05) is 27.3 Å². The Bertz CT molecular complexity index is 677. The van der Waals surface area contributed by atoms with Crippen molar-refractivity contribution < 1.29 is 23.5 Å². The first-order chi connectivity index (χ1) is 12.4. The van der Waals surface area contributed by atoms with Gasteiger partial charge in [-0.05, 0) is 24.6 Å². The van der Waals surface area contributed by atoms with Crippen molar-refractivity contribution in [1.29, 1.82) is 0 Å². The molecule has 5 atom stereocenters. The first-order valence-corrected chi connectivity index (χ1v) is 9.62. The number of carbonyl (C=O) groups excluding carboxylic acids is 2. The summed E-state index contributed by atoms with van der Waals surface area (Å²) in [6, 6.07) is 8.15. The van der Waals surface area contributed by atoms with Crippen molar-refractivity contribution in [2.24, 2.45) is 5.92 Å². The minimum atomic E-state index is -0.264. The van der Waals surface area contributed by atoms with Crippen LogP contribution in [0.1, 0.15) is 37.7 Å². The number of likely N-dealkylation sites (N-methyl/N-ethyl adjacent to an activating group) is 1. The molecule has 2 unspecified atom stereocenters. The van der Waals surface area contributed by atoms with Crippen LogP contribution in [0.25, 0.3) is 0 Å². The molecule has 0 spiro atoms. The van der Waals surface area contributed by atoms with Crippen molar-refractivity contribution in [3.8, 4) is 0 Å². The maximum absolute atomic E-state index is 12.7. The van der Waals surface area contributed by atoms with E-state index in [1.165, 1.54) is 7.11 Å². The topological polar surface area (TPSA) is 52.6 Å². The SMILES string of the molecule is CCOC(=O)C[N@@+]1(C)C2CC[C@@H]1C[C@H](c1ccc(Cl)cc1)C2C(=O)OC. The number of rotatable bonds is 5. The Morgan fingerprint density at radius 1 is 1.23 bits per heavy atom. The smallest absolute Gasteiger partial charge is 0.361 e. The molecule has 3 rings (SSSR count). The lowest BCUT2D eigenvalue weighted by atomic mass is 9.74. The summed E-state index contributed by atoms with van der Waals surface area (Å²) in [5, 5.41) is 0.685. The van der Waals surface area contributed by atoms with Gasteiger partial charge in [-0.1, -0.05) is 23.7 Å². The van der Waals surface area contributed by atoms with Gasteiger partial charge in [-0.3, -0.25) is 4.79 Å². The van der Waals surface area contributed by atoms with E-state index in [1.807, 2.05) is 31.2 Å². The van der Waals surface area contributed by atoms with Crippen LogP contribution in [0.3, 0.4) is 0 Å². The number of esters is 2. The summed E-state index contributed by atoms with van der Waals surface area (Å²) in [5.41, 5.74) is 1.11. The molecule has 142 valence electrons. The van der Waals surface area contributed by atoms with Crippen molar-refractivity contribution >= 4 is 23.5 Å². The summed E-state index contributed by atoms with van der Waals surface area (Å²) in [5.74, 6) is -0.561. The summed E-state index contributed by atoms with van der Waals surface area (Å²) >= 11 is 6.03. The van der Waals surface area contributed by atoms with Gasteiger partial charge in [0.2, 0.25) is 0 Å². The molecule has 2 saturated heterocycles. The Hall–Kier alpha value is -1.59. The van der Waals surface area contributed by atoms with Gasteiger partial charge in [0.05, 0.1) is 26.8 Å². The summed E-state index contributed by atoms with van der Waals surface area (Å²) < 4.78 is 10.9. The molecule has 0 saturated carbocycles. The van der Waals surface area contributed by atoms with E-state index in [2.05, 4.69) is 7.05 Å². The van der Waals surface area contributed by atoms with E-state index in [-0.39, 0.29) is 29.8 Å². The normalized spacial score (nSPS) is 32.9. The number of hydrogen-bond donors (Lipinski definition) is 0. The molecule has 0 radical (unpaired) electrons. The van der Waals surface area contributed by atoms with Crippen molar-refractivity contribution in [2.45, 2.75) is 44.2 Å². The molecular weight excluding hydrogens is 354 g/mol. The Morgan fingerprint density at radius 3 is 2.54 bits per heavy atom. The van der Waals surface area contributed by atoms with Crippen LogP contribution < -0.4 is 0 Å². The number of piperidine rings is 1. The molecule has 2 aliphatic heterocycles. The van der Waals surface area contributed by atoms with Crippen LogP contribution in [0.5, 0.6) is 0 Å². The van der Waals surface area contributed by atoms with Crippen LogP contribution in [0.2, 0.25) is 5.02 Å². The molecule has 0 aromatic heterocycles. The average molecular weight is 381 g/mol. The molecule has 6 heteroatoms. The molecule has 2 fully saturated rings. The molecule has 1 aromatic carbocycles. The third kappa shape index (κ3) is 3.35. The number of fused-ring (bicyclic) bond motifs is 2. The predicted molar refractivity (Wildman–Crippen MR) is 98.8 cm³/mol. The van der Waals surface area contributed by atoms with Gasteiger partial charge >= 0.3 is 11.9 Å². The summed E-state index contributed by atoms with van der Waals surface area (Å²) in [4.78, 5) is 24.9. The van der Waals surface area contributed by atoms with E-state index in [9.17, 15) is 9.59 Å². The van der Waals surface area contributed by atoms with Crippen LogP contribution >= 0.6 is 11.6 Å². The zero-order chi connectivity index (χ0) is 18.9. The molecule has 0 N–H and O–H groups in total. The maximum Gasteiger partial charge on any atom is 0.361 e. The van der Waals surface area contributed by atoms with Crippen LogP contribution in [-0.2, 0) is 19.1 Å². The zero-order valence-corrected chi connectivity index (χ0v) is 16.4. The zero-order valence-electron chi connectivity index (χ0n) is 15.6. The van der Waals surface area contributed by atoms with Gasteiger partial charge in [-0.15, -0.1) is 0 Å². The third-order valence-corrected chi connectivity index (χ3v) is 6.56. The number of methoxy groups -OCH3 is 1.